The molecule has 2 N–H and O–H groups in total. The van der Waals surface area contributed by atoms with Crippen molar-refractivity contribution in [1.82, 2.24) is 5.32 Å². The fourth-order valence-corrected chi connectivity index (χ4v) is 2.96. The molecule has 0 bridgehead atoms. The lowest BCUT2D eigenvalue weighted by molar-refractivity contribution is -0.118. The molecule has 0 heterocycles. The highest BCUT2D eigenvalue weighted by molar-refractivity contribution is 6.30. The smallest absolute Gasteiger partial charge is 0.251 e. The quantitative estimate of drug-likeness (QED) is 0.642. The molecule has 1 unspecified atom stereocenters. The van der Waals surface area contributed by atoms with Gasteiger partial charge < -0.3 is 10.6 Å². The maximum Gasteiger partial charge on any atom is 0.251 e. The van der Waals surface area contributed by atoms with E-state index >= 15 is 0 Å². The number of benzene rings is 3. The number of carbonyl (C=O) groups is 2. The molecule has 2 amide bonds. The Morgan fingerprint density at radius 3 is 2.21 bits per heavy atom. The van der Waals surface area contributed by atoms with E-state index in [1.165, 1.54) is 0 Å². The third-order valence-electron chi connectivity index (χ3n) is 4.41. The minimum atomic E-state index is -0.717. The molecule has 0 saturated carbocycles. The van der Waals surface area contributed by atoms with E-state index in [0.29, 0.717) is 17.0 Å². The Morgan fingerprint density at radius 2 is 1.54 bits per heavy atom. The van der Waals surface area contributed by atoms with E-state index in [-0.39, 0.29) is 11.8 Å². The molecule has 0 aliphatic rings. The molecule has 1 atom stereocenters. The summed E-state index contributed by atoms with van der Waals surface area (Å²) in [4.78, 5) is 25.6. The van der Waals surface area contributed by atoms with Gasteiger partial charge in [0, 0.05) is 22.7 Å². The molecule has 0 aliphatic carbocycles. The fraction of sp³-hybridized carbons (Fsp3) is 0.130. The highest BCUT2D eigenvalue weighted by Crippen LogP contribution is 2.15. The number of para-hydroxylation sites is 1. The summed E-state index contributed by atoms with van der Waals surface area (Å²) in [5.74, 6) is -0.585. The van der Waals surface area contributed by atoms with Gasteiger partial charge in [0.25, 0.3) is 5.91 Å². The molecule has 28 heavy (non-hydrogen) atoms. The highest BCUT2D eigenvalue weighted by atomic mass is 35.5. The van der Waals surface area contributed by atoms with Crippen LogP contribution in [0, 0.1) is 6.92 Å². The second-order valence-corrected chi connectivity index (χ2v) is 6.96. The van der Waals surface area contributed by atoms with Crippen molar-refractivity contribution in [2.24, 2.45) is 0 Å². The van der Waals surface area contributed by atoms with Gasteiger partial charge >= 0.3 is 0 Å². The lowest BCUT2D eigenvalue weighted by Crippen LogP contribution is -2.45. The minimum Gasteiger partial charge on any atom is -0.340 e. The molecule has 3 rings (SSSR count). The van der Waals surface area contributed by atoms with E-state index < -0.39 is 6.04 Å². The highest BCUT2D eigenvalue weighted by Gasteiger charge is 2.22. The number of hydrogen-bond acceptors (Lipinski definition) is 2. The number of carbonyl (C=O) groups excluding carboxylic acids is 2. The zero-order chi connectivity index (χ0) is 19.9. The third-order valence-corrected chi connectivity index (χ3v) is 4.67. The Kier molecular flexibility index (Phi) is 6.45. The van der Waals surface area contributed by atoms with Gasteiger partial charge in [-0.1, -0.05) is 60.1 Å². The average Bonchev–Trinajstić information content (AvgIpc) is 2.70. The van der Waals surface area contributed by atoms with Crippen LogP contribution in [0.1, 0.15) is 21.5 Å². The van der Waals surface area contributed by atoms with Crippen LogP contribution in [0.25, 0.3) is 0 Å². The number of anilines is 1. The molecule has 0 aliphatic heterocycles. The number of nitrogens with one attached hydrogen (secondary N) is 2. The maximum absolute atomic E-state index is 12.9. The Morgan fingerprint density at radius 1 is 0.893 bits per heavy atom. The molecular formula is C23H21ClN2O2. The monoisotopic (exact) mass is 392 g/mol. The Labute approximate surface area is 169 Å². The zero-order valence-corrected chi connectivity index (χ0v) is 16.2. The molecule has 142 valence electrons. The first-order valence-electron chi connectivity index (χ1n) is 9.00. The Hall–Kier alpha value is -3.11. The number of amides is 2. The maximum atomic E-state index is 12.9. The van der Waals surface area contributed by atoms with E-state index in [0.717, 1.165) is 16.8 Å². The predicted molar refractivity (Wildman–Crippen MR) is 113 cm³/mol. The molecule has 0 saturated heterocycles. The standard InChI is InChI=1S/C23H21ClN2O2/c1-16-7-5-6-10-20(16)25-23(28)21(15-17-8-3-2-4-9-17)26-22(27)18-11-13-19(24)14-12-18/h2-14,21H,15H2,1H3,(H,25,28)(H,26,27). The lowest BCUT2D eigenvalue weighted by atomic mass is 10.0. The van der Waals surface area contributed by atoms with Gasteiger partial charge in [0.15, 0.2) is 0 Å². The van der Waals surface area contributed by atoms with E-state index in [1.807, 2.05) is 61.5 Å². The molecule has 0 fully saturated rings. The number of hydrogen-bond donors (Lipinski definition) is 2. The first kappa shape index (κ1) is 19.6. The molecule has 3 aromatic rings. The second kappa shape index (κ2) is 9.20. The average molecular weight is 393 g/mol. The van der Waals surface area contributed by atoms with Crippen LogP contribution >= 0.6 is 11.6 Å². The van der Waals surface area contributed by atoms with Crippen molar-refractivity contribution in [3.63, 3.8) is 0 Å². The van der Waals surface area contributed by atoms with Crippen molar-refractivity contribution in [2.45, 2.75) is 19.4 Å². The van der Waals surface area contributed by atoms with Gasteiger partial charge in [-0.3, -0.25) is 9.59 Å². The Bertz CT molecular complexity index is 956. The summed E-state index contributed by atoms with van der Waals surface area (Å²) >= 11 is 5.89. The molecule has 3 aromatic carbocycles. The van der Waals surface area contributed by atoms with Gasteiger partial charge in [-0.2, -0.15) is 0 Å². The fourth-order valence-electron chi connectivity index (χ4n) is 2.83. The minimum absolute atomic E-state index is 0.263. The van der Waals surface area contributed by atoms with Gasteiger partial charge in [-0.25, -0.2) is 0 Å². The Balaban J connectivity index is 1.79. The van der Waals surface area contributed by atoms with E-state index in [1.54, 1.807) is 24.3 Å². The van der Waals surface area contributed by atoms with E-state index in [9.17, 15) is 9.59 Å². The van der Waals surface area contributed by atoms with Crippen LogP contribution in [0.5, 0.6) is 0 Å². The molecule has 0 radical (unpaired) electrons. The van der Waals surface area contributed by atoms with Gasteiger partial charge in [0.05, 0.1) is 0 Å². The molecule has 4 nitrogen and oxygen atoms in total. The van der Waals surface area contributed by atoms with Crippen LogP contribution in [0.4, 0.5) is 5.69 Å². The normalized spacial score (nSPS) is 11.5. The van der Waals surface area contributed by atoms with Gasteiger partial charge in [0.1, 0.15) is 6.04 Å². The molecule has 0 aromatic heterocycles. The topological polar surface area (TPSA) is 58.2 Å². The van der Waals surface area contributed by atoms with Crippen molar-refractivity contribution >= 4 is 29.1 Å². The van der Waals surface area contributed by atoms with Crippen molar-refractivity contribution in [1.29, 1.82) is 0 Å². The van der Waals surface area contributed by atoms with Crippen LogP contribution in [-0.2, 0) is 11.2 Å². The van der Waals surface area contributed by atoms with E-state index in [2.05, 4.69) is 10.6 Å². The van der Waals surface area contributed by atoms with Gasteiger partial charge in [0.2, 0.25) is 5.91 Å². The van der Waals surface area contributed by atoms with Crippen LogP contribution in [-0.4, -0.2) is 17.9 Å². The number of aryl methyl sites for hydroxylation is 1. The van der Waals surface area contributed by atoms with Crippen molar-refractivity contribution < 1.29 is 9.59 Å². The number of rotatable bonds is 6. The van der Waals surface area contributed by atoms with Crippen molar-refractivity contribution in [3.05, 3.63) is 101 Å². The largest absolute Gasteiger partial charge is 0.340 e. The van der Waals surface area contributed by atoms with E-state index in [4.69, 9.17) is 11.6 Å². The number of halogens is 1. The van der Waals surface area contributed by atoms with Crippen LogP contribution in [0.3, 0.4) is 0 Å². The van der Waals surface area contributed by atoms with Crippen LogP contribution in [0.2, 0.25) is 5.02 Å². The summed E-state index contributed by atoms with van der Waals surface area (Å²) in [5, 5.41) is 6.32. The predicted octanol–water partition coefficient (Wildman–Crippen LogP) is 4.63. The van der Waals surface area contributed by atoms with Crippen molar-refractivity contribution in [2.75, 3.05) is 5.32 Å². The zero-order valence-electron chi connectivity index (χ0n) is 15.5. The summed E-state index contributed by atoms with van der Waals surface area (Å²) in [6.07, 6.45) is 0.387. The SMILES string of the molecule is Cc1ccccc1NC(=O)C(Cc1ccccc1)NC(=O)c1ccc(Cl)cc1. The van der Waals surface area contributed by atoms with Gasteiger partial charge in [-0.05, 0) is 48.4 Å². The molecule has 0 spiro atoms. The first-order valence-corrected chi connectivity index (χ1v) is 9.37. The second-order valence-electron chi connectivity index (χ2n) is 6.53. The summed E-state index contributed by atoms with van der Waals surface area (Å²) in [5.41, 5.74) is 3.10. The van der Waals surface area contributed by atoms with Crippen LogP contribution < -0.4 is 10.6 Å². The third kappa shape index (κ3) is 5.21. The van der Waals surface area contributed by atoms with Crippen LogP contribution in [0.15, 0.2) is 78.9 Å². The lowest BCUT2D eigenvalue weighted by Gasteiger charge is -2.19. The summed E-state index contributed by atoms with van der Waals surface area (Å²) in [6, 6.07) is 23.0. The summed E-state index contributed by atoms with van der Waals surface area (Å²) in [6.45, 7) is 1.92. The van der Waals surface area contributed by atoms with Crippen molar-refractivity contribution in [3.8, 4) is 0 Å². The van der Waals surface area contributed by atoms with Gasteiger partial charge in [-0.15, -0.1) is 0 Å². The molecular weight excluding hydrogens is 372 g/mol. The summed E-state index contributed by atoms with van der Waals surface area (Å²) in [7, 11) is 0. The first-order chi connectivity index (χ1) is 13.5. The molecule has 5 heteroatoms. The summed E-state index contributed by atoms with van der Waals surface area (Å²) < 4.78 is 0.